The van der Waals surface area contributed by atoms with Crippen molar-refractivity contribution in [3.8, 4) is 0 Å². The van der Waals surface area contributed by atoms with Gasteiger partial charge in [-0.2, -0.15) is 0 Å². The summed E-state index contributed by atoms with van der Waals surface area (Å²) in [5, 5.41) is 0. The molecule has 0 aliphatic carbocycles. The topological polar surface area (TPSA) is 39.8 Å². The summed E-state index contributed by atoms with van der Waals surface area (Å²) < 4.78 is 15.0. The molecule has 0 aromatic heterocycles. The van der Waals surface area contributed by atoms with Gasteiger partial charge in [-0.15, -0.1) is 0 Å². The SMILES string of the molecule is C[SH2+].C[SH2+].[C-]#[O+].[C-]#[O+].[Fe+6].[Fe+6].[c-]1[c-][c-][cH-][c-]1.[c-]1[c-][c-][cH-][c-]1. The smallest absolute Gasteiger partial charge is 0.999 e. The Hall–Kier alpha value is -0.0810. The molecule has 0 saturated carbocycles. The Bertz CT molecular complexity index is 227. The molecule has 0 aliphatic heterocycles. The summed E-state index contributed by atoms with van der Waals surface area (Å²) in [5.74, 6) is 0. The molecule has 0 fully saturated rings. The molecule has 0 aliphatic rings. The van der Waals surface area contributed by atoms with Gasteiger partial charge in [0.1, 0.15) is 0 Å². The van der Waals surface area contributed by atoms with Gasteiger partial charge in [0.15, 0.2) is 0 Å². The van der Waals surface area contributed by atoms with Gasteiger partial charge in [0.25, 0.3) is 0 Å². The molecule has 20 heavy (non-hydrogen) atoms. The molecule has 0 radical (unpaired) electrons. The molecule has 0 heterocycles. The Balaban J connectivity index is -0.0000000311. The quantitative estimate of drug-likeness (QED) is 0.356. The van der Waals surface area contributed by atoms with E-state index in [1.165, 1.54) is 0 Å². The van der Waals surface area contributed by atoms with Crippen LogP contribution in [0, 0.1) is 61.8 Å². The average Bonchev–Trinajstić information content (AvgIpc) is 3.25. The fourth-order valence-electron chi connectivity index (χ4n) is 0.361. The summed E-state index contributed by atoms with van der Waals surface area (Å²) in [4.78, 5) is 0. The molecule has 0 unspecified atom stereocenters. The standard InChI is InChI=1S/2C5H.2CO.2CH4S.2Fe/c2*1-2-4-5-3-1;4*1-2;;/h2*1H;;;2*2H,1H3;;/q2*-5;;;;;2*+6/p+2. The molecule has 2 aromatic rings. The molecule has 0 atom stereocenters. The van der Waals surface area contributed by atoms with Crippen molar-refractivity contribution in [2.75, 3.05) is 12.5 Å². The van der Waals surface area contributed by atoms with Crippen molar-refractivity contribution in [2.24, 2.45) is 0 Å². The minimum atomic E-state index is 0. The zero-order chi connectivity index (χ0) is 15.1. The molecular weight excluding hydrogens is 376 g/mol. The van der Waals surface area contributed by atoms with E-state index in [1.54, 1.807) is 24.6 Å². The Morgan fingerprint density at radius 1 is 0.600 bits per heavy atom. The Morgan fingerprint density at radius 3 is 0.800 bits per heavy atom. The van der Waals surface area contributed by atoms with Crippen molar-refractivity contribution >= 4 is 25.3 Å². The molecule has 0 bridgehead atoms. The van der Waals surface area contributed by atoms with Crippen LogP contribution in [0.25, 0.3) is 0 Å². The van der Waals surface area contributed by atoms with E-state index >= 15 is 0 Å². The number of hydrogen-bond donors (Lipinski definition) is 0. The van der Waals surface area contributed by atoms with Crippen LogP contribution in [0.1, 0.15) is 0 Å². The molecular formula is C14H12Fe2O2S2+4. The summed E-state index contributed by atoms with van der Waals surface area (Å²) in [6.45, 7) is 9.00. The molecule has 0 amide bonds. The molecule has 2 aromatic carbocycles. The third-order valence-corrected chi connectivity index (χ3v) is 0.702. The Kier molecular flexibility index (Phi) is 114. The van der Waals surface area contributed by atoms with Crippen LogP contribution in [-0.4, -0.2) is 12.5 Å². The van der Waals surface area contributed by atoms with Gasteiger partial charge < -0.3 is 60.7 Å². The maximum Gasteiger partial charge on any atom is 6.00 e. The predicted molar refractivity (Wildman–Crippen MR) is 74.8 cm³/mol. The first-order valence-electron chi connectivity index (χ1n) is 4.06. The van der Waals surface area contributed by atoms with Gasteiger partial charge in [0.2, 0.25) is 0 Å². The van der Waals surface area contributed by atoms with Crippen molar-refractivity contribution in [1.82, 2.24) is 0 Å². The fraction of sp³-hybridized carbons (Fsp3) is 0.143. The Labute approximate surface area is 154 Å². The summed E-state index contributed by atoms with van der Waals surface area (Å²) in [6, 6.07) is 24.0. The van der Waals surface area contributed by atoms with Crippen LogP contribution >= 0.6 is 0 Å². The largest absolute Gasteiger partial charge is 6.00 e. The van der Waals surface area contributed by atoms with E-state index in [2.05, 4.69) is 87.1 Å². The van der Waals surface area contributed by atoms with E-state index in [9.17, 15) is 0 Å². The van der Waals surface area contributed by atoms with Crippen LogP contribution < -0.4 is 0 Å². The van der Waals surface area contributed by atoms with E-state index in [-0.39, 0.29) is 34.1 Å². The molecule has 104 valence electrons. The monoisotopic (exact) mass is 388 g/mol. The van der Waals surface area contributed by atoms with Gasteiger partial charge in [0, 0.05) is 0 Å². The molecule has 2 rings (SSSR count). The first-order valence-corrected chi connectivity index (χ1v) is 6.06. The van der Waals surface area contributed by atoms with Crippen LogP contribution in [-0.2, 0) is 68.7 Å². The van der Waals surface area contributed by atoms with Gasteiger partial charge in [-0.1, -0.05) is 0 Å². The summed E-state index contributed by atoms with van der Waals surface area (Å²) in [7, 11) is 0. The van der Waals surface area contributed by atoms with Crippen molar-refractivity contribution in [3.63, 3.8) is 0 Å². The molecule has 0 spiro atoms. The van der Waals surface area contributed by atoms with E-state index in [1.807, 2.05) is 0 Å². The molecule has 2 nitrogen and oxygen atoms in total. The zero-order valence-electron chi connectivity index (χ0n) is 10.7. The van der Waals surface area contributed by atoms with Crippen molar-refractivity contribution in [3.05, 3.63) is 74.0 Å². The van der Waals surface area contributed by atoms with Gasteiger partial charge in [-0.3, -0.25) is 0 Å². The maximum atomic E-state index is 7.50. The number of rotatable bonds is 0. The second-order valence-electron chi connectivity index (χ2n) is 1.37. The molecule has 0 N–H and O–H groups in total. The summed E-state index contributed by atoms with van der Waals surface area (Å²) >= 11 is 5.94. The second-order valence-corrected chi connectivity index (χ2v) is 1.37. The normalized spacial score (nSPS) is 4.80. The summed E-state index contributed by atoms with van der Waals surface area (Å²) in [5.41, 5.74) is 0. The van der Waals surface area contributed by atoms with E-state index in [0.717, 1.165) is 0 Å². The molecule has 0 saturated heterocycles. The minimum absolute atomic E-state index is 0. The minimum Gasteiger partial charge on any atom is -0.999 e. The second kappa shape index (κ2) is 61.7. The van der Waals surface area contributed by atoms with E-state index in [4.69, 9.17) is 9.30 Å². The van der Waals surface area contributed by atoms with Gasteiger partial charge in [-0.25, -0.2) is 0 Å². The van der Waals surface area contributed by atoms with Crippen LogP contribution in [0.4, 0.5) is 0 Å². The fourth-order valence-corrected chi connectivity index (χ4v) is 0.361. The van der Waals surface area contributed by atoms with E-state index < -0.39 is 0 Å². The van der Waals surface area contributed by atoms with Gasteiger partial charge in [0.05, 0.1) is 12.5 Å². The van der Waals surface area contributed by atoms with Crippen molar-refractivity contribution < 1.29 is 43.4 Å². The first kappa shape index (κ1) is 36.8. The first-order chi connectivity index (χ1) is 9.00. The third-order valence-electron chi connectivity index (χ3n) is 0.702. The predicted octanol–water partition coefficient (Wildman–Crippen LogP) is 0.388. The maximum absolute atomic E-state index is 7.50. The molecule has 6 heteroatoms. The third kappa shape index (κ3) is 52.1. The van der Waals surface area contributed by atoms with Crippen LogP contribution in [0.5, 0.6) is 0 Å². The van der Waals surface area contributed by atoms with Crippen LogP contribution in [0.3, 0.4) is 0 Å². The van der Waals surface area contributed by atoms with Gasteiger partial charge >= 0.3 is 56.7 Å². The van der Waals surface area contributed by atoms with Crippen LogP contribution in [0.2, 0.25) is 0 Å². The van der Waals surface area contributed by atoms with E-state index in [0.29, 0.717) is 0 Å². The zero-order valence-corrected chi connectivity index (χ0v) is 14.9. The average molecular weight is 388 g/mol. The van der Waals surface area contributed by atoms with Crippen molar-refractivity contribution in [1.29, 1.82) is 0 Å². The van der Waals surface area contributed by atoms with Crippen LogP contribution in [0.15, 0.2) is 12.1 Å². The summed E-state index contributed by atoms with van der Waals surface area (Å²) in [6.07, 6.45) is 3.61. The van der Waals surface area contributed by atoms with Crippen molar-refractivity contribution in [2.45, 2.75) is 0 Å². The Morgan fingerprint density at radius 2 is 0.750 bits per heavy atom. The number of hydrogen-bond acceptors (Lipinski definition) is 0. The van der Waals surface area contributed by atoms with Gasteiger partial charge in [-0.05, 0) is 25.3 Å².